The third-order valence-electron chi connectivity index (χ3n) is 2.14. The number of methoxy groups -OCH3 is 1. The molecule has 100 valence electrons. The molecule has 0 aliphatic heterocycles. The molecule has 1 aromatic carbocycles. The predicted molar refractivity (Wildman–Crippen MR) is 67.1 cm³/mol. The van der Waals surface area contributed by atoms with Gasteiger partial charge in [-0.15, -0.1) is 0 Å². The number of anilines is 1. The lowest BCUT2D eigenvalue weighted by molar-refractivity contribution is -0.136. The lowest BCUT2D eigenvalue weighted by atomic mass is 10.1. The van der Waals surface area contributed by atoms with Crippen LogP contribution in [-0.4, -0.2) is 39.0 Å². The molecule has 0 radical (unpaired) electrons. The van der Waals surface area contributed by atoms with Crippen LogP contribution in [0.5, 0.6) is 0 Å². The number of hydrogen-bond donors (Lipinski definition) is 2. The van der Waals surface area contributed by atoms with Gasteiger partial charge in [0.05, 0.1) is 18.8 Å². The minimum atomic E-state index is -3.42. The van der Waals surface area contributed by atoms with Crippen molar-refractivity contribution >= 4 is 21.7 Å². The van der Waals surface area contributed by atoms with Crippen LogP contribution in [-0.2, 0) is 26.0 Å². The Bertz CT molecular complexity index is 495. The summed E-state index contributed by atoms with van der Waals surface area (Å²) in [6.45, 7) is 0.117. The quantitative estimate of drug-likeness (QED) is 0.763. The van der Waals surface area contributed by atoms with E-state index in [1.165, 1.54) is 19.2 Å². The standard InChI is InChI=1S/C11H15NO5S/c1-17-6-7-18(15,16)12-10-4-2-9(3-5-10)8-11(13)14/h2-5,12H,6-8H2,1H3,(H,13,14). The van der Waals surface area contributed by atoms with Gasteiger partial charge in [-0.3, -0.25) is 9.52 Å². The molecule has 0 amide bonds. The number of ether oxygens (including phenoxy) is 1. The summed E-state index contributed by atoms with van der Waals surface area (Å²) in [7, 11) is -2.00. The Hall–Kier alpha value is -1.60. The second-order valence-electron chi connectivity index (χ2n) is 3.68. The summed E-state index contributed by atoms with van der Waals surface area (Å²) in [5, 5.41) is 8.59. The molecule has 7 heteroatoms. The van der Waals surface area contributed by atoms with Crippen molar-refractivity contribution in [2.24, 2.45) is 0 Å². The Morgan fingerprint density at radius 2 is 1.94 bits per heavy atom. The SMILES string of the molecule is COCCS(=O)(=O)Nc1ccc(CC(=O)O)cc1. The molecule has 0 saturated carbocycles. The molecule has 0 aromatic heterocycles. The highest BCUT2D eigenvalue weighted by atomic mass is 32.2. The monoisotopic (exact) mass is 273 g/mol. The molecule has 6 nitrogen and oxygen atoms in total. The first kappa shape index (κ1) is 14.5. The van der Waals surface area contributed by atoms with E-state index in [0.29, 0.717) is 11.3 Å². The molecule has 0 heterocycles. The van der Waals surface area contributed by atoms with Crippen molar-refractivity contribution in [3.8, 4) is 0 Å². The van der Waals surface area contributed by atoms with E-state index in [9.17, 15) is 13.2 Å². The highest BCUT2D eigenvalue weighted by molar-refractivity contribution is 7.92. The predicted octanol–water partition coefficient (Wildman–Crippen LogP) is 0.702. The van der Waals surface area contributed by atoms with E-state index in [2.05, 4.69) is 4.72 Å². The van der Waals surface area contributed by atoms with Crippen LogP contribution in [0.2, 0.25) is 0 Å². The van der Waals surface area contributed by atoms with Crippen LogP contribution >= 0.6 is 0 Å². The molecule has 0 bridgehead atoms. The van der Waals surface area contributed by atoms with Crippen molar-refractivity contribution in [1.82, 2.24) is 0 Å². The van der Waals surface area contributed by atoms with Crippen LogP contribution in [0, 0.1) is 0 Å². The summed E-state index contributed by atoms with van der Waals surface area (Å²) >= 11 is 0. The normalized spacial score (nSPS) is 11.2. The van der Waals surface area contributed by atoms with Gasteiger partial charge in [-0.1, -0.05) is 12.1 Å². The first-order valence-corrected chi connectivity index (χ1v) is 6.88. The summed E-state index contributed by atoms with van der Waals surface area (Å²) in [6, 6.07) is 6.20. The van der Waals surface area contributed by atoms with Gasteiger partial charge >= 0.3 is 5.97 Å². The Labute approximate surface area is 106 Å². The van der Waals surface area contributed by atoms with Crippen molar-refractivity contribution in [2.45, 2.75) is 6.42 Å². The lowest BCUT2D eigenvalue weighted by Gasteiger charge is -2.07. The van der Waals surface area contributed by atoms with Gasteiger partial charge in [0.2, 0.25) is 10.0 Å². The van der Waals surface area contributed by atoms with E-state index in [4.69, 9.17) is 9.84 Å². The fourth-order valence-corrected chi connectivity index (χ4v) is 2.27. The second-order valence-corrected chi connectivity index (χ2v) is 5.52. The van der Waals surface area contributed by atoms with Crippen molar-refractivity contribution in [1.29, 1.82) is 0 Å². The van der Waals surface area contributed by atoms with E-state index in [1.54, 1.807) is 12.1 Å². The number of aliphatic carboxylic acids is 1. The van der Waals surface area contributed by atoms with E-state index < -0.39 is 16.0 Å². The smallest absolute Gasteiger partial charge is 0.307 e. The lowest BCUT2D eigenvalue weighted by Crippen LogP contribution is -2.19. The van der Waals surface area contributed by atoms with Crippen LogP contribution in [0.1, 0.15) is 5.56 Å². The molecule has 0 aliphatic rings. The molecule has 0 atom stereocenters. The van der Waals surface area contributed by atoms with Gasteiger partial charge < -0.3 is 9.84 Å². The van der Waals surface area contributed by atoms with Crippen LogP contribution < -0.4 is 4.72 Å². The fraction of sp³-hybridized carbons (Fsp3) is 0.364. The summed E-state index contributed by atoms with van der Waals surface area (Å²) < 4.78 is 30.1. The molecule has 18 heavy (non-hydrogen) atoms. The van der Waals surface area contributed by atoms with Gasteiger partial charge in [0.15, 0.2) is 0 Å². The molecule has 1 aromatic rings. The summed E-state index contributed by atoms with van der Waals surface area (Å²) in [4.78, 5) is 10.5. The average Bonchev–Trinajstić information content (AvgIpc) is 2.28. The zero-order chi connectivity index (χ0) is 13.6. The van der Waals surface area contributed by atoms with Crippen LogP contribution in [0.3, 0.4) is 0 Å². The Morgan fingerprint density at radius 3 is 2.44 bits per heavy atom. The van der Waals surface area contributed by atoms with E-state index >= 15 is 0 Å². The van der Waals surface area contributed by atoms with E-state index in [1.807, 2.05) is 0 Å². The molecule has 0 saturated heterocycles. The van der Waals surface area contributed by atoms with Gasteiger partial charge in [0.25, 0.3) is 0 Å². The van der Waals surface area contributed by atoms with Gasteiger partial charge in [0.1, 0.15) is 0 Å². The number of carboxylic acid groups (broad SMARTS) is 1. The van der Waals surface area contributed by atoms with Gasteiger partial charge in [0, 0.05) is 12.8 Å². The van der Waals surface area contributed by atoms with Crippen LogP contribution in [0.4, 0.5) is 5.69 Å². The highest BCUT2D eigenvalue weighted by Gasteiger charge is 2.10. The summed E-state index contributed by atoms with van der Waals surface area (Å²) in [5.41, 5.74) is 1.02. The van der Waals surface area contributed by atoms with Gasteiger partial charge in [-0.2, -0.15) is 0 Å². The molecule has 2 N–H and O–H groups in total. The molecule has 0 unspecified atom stereocenters. The first-order chi connectivity index (χ1) is 8.43. The Kier molecular flexibility index (Phi) is 5.11. The van der Waals surface area contributed by atoms with Gasteiger partial charge in [-0.25, -0.2) is 8.42 Å². The van der Waals surface area contributed by atoms with E-state index in [-0.39, 0.29) is 18.8 Å². The Balaban J connectivity index is 2.66. The number of carbonyl (C=O) groups is 1. The van der Waals surface area contributed by atoms with Crippen molar-refractivity contribution in [3.63, 3.8) is 0 Å². The maximum Gasteiger partial charge on any atom is 0.307 e. The topological polar surface area (TPSA) is 92.7 Å². The second kappa shape index (κ2) is 6.36. The third-order valence-corrected chi connectivity index (χ3v) is 3.39. The molecule has 0 spiro atoms. The van der Waals surface area contributed by atoms with Crippen molar-refractivity contribution < 1.29 is 23.1 Å². The molecular weight excluding hydrogens is 258 g/mol. The number of carboxylic acids is 1. The number of nitrogens with one attached hydrogen (secondary N) is 1. The summed E-state index contributed by atoms with van der Waals surface area (Å²) in [5.74, 6) is -1.05. The largest absolute Gasteiger partial charge is 0.481 e. The van der Waals surface area contributed by atoms with Crippen molar-refractivity contribution in [2.75, 3.05) is 24.2 Å². The average molecular weight is 273 g/mol. The van der Waals surface area contributed by atoms with E-state index in [0.717, 1.165) is 0 Å². The van der Waals surface area contributed by atoms with Crippen molar-refractivity contribution in [3.05, 3.63) is 29.8 Å². The molecule has 0 fully saturated rings. The third kappa shape index (κ3) is 5.15. The molecular formula is C11H15NO5S. The maximum atomic E-state index is 11.5. The molecule has 0 aliphatic carbocycles. The minimum Gasteiger partial charge on any atom is -0.481 e. The highest BCUT2D eigenvalue weighted by Crippen LogP contribution is 2.12. The fourth-order valence-electron chi connectivity index (χ4n) is 1.29. The number of benzene rings is 1. The maximum absolute atomic E-state index is 11.5. The minimum absolute atomic E-state index is 0.0866. The summed E-state index contributed by atoms with van der Waals surface area (Å²) in [6.07, 6.45) is -0.0866. The van der Waals surface area contributed by atoms with Crippen LogP contribution in [0.15, 0.2) is 24.3 Å². The first-order valence-electron chi connectivity index (χ1n) is 5.23. The molecule has 1 rings (SSSR count). The number of sulfonamides is 1. The number of hydrogen-bond acceptors (Lipinski definition) is 4. The zero-order valence-electron chi connectivity index (χ0n) is 9.92. The number of rotatable bonds is 7. The zero-order valence-corrected chi connectivity index (χ0v) is 10.7. The Morgan fingerprint density at radius 1 is 1.33 bits per heavy atom. The van der Waals surface area contributed by atoms with Crippen LogP contribution in [0.25, 0.3) is 0 Å². The van der Waals surface area contributed by atoms with Gasteiger partial charge in [-0.05, 0) is 17.7 Å².